The van der Waals surface area contributed by atoms with E-state index in [0.717, 1.165) is 80.6 Å². The third-order valence-corrected chi connectivity index (χ3v) is 13.2. The summed E-state index contributed by atoms with van der Waals surface area (Å²) in [6.07, 6.45) is 6.46. The van der Waals surface area contributed by atoms with Crippen molar-refractivity contribution in [1.82, 2.24) is 5.32 Å². The monoisotopic (exact) mass is 812 g/mol. The summed E-state index contributed by atoms with van der Waals surface area (Å²) < 4.78 is 0. The first-order valence-corrected chi connectivity index (χ1v) is 22.4. The summed E-state index contributed by atoms with van der Waals surface area (Å²) in [5.74, 6) is 0.331. The van der Waals surface area contributed by atoms with E-state index in [1.54, 1.807) is 0 Å². The number of phenolic OH excluding ortho intramolecular Hbond substituents is 1. The second-order valence-corrected chi connectivity index (χ2v) is 17.0. The molecule has 10 aromatic rings. The molecule has 1 unspecified atom stereocenters. The highest BCUT2D eigenvalue weighted by Crippen LogP contribution is 2.47. The molecule has 0 aliphatic heterocycles. The zero-order valence-corrected chi connectivity index (χ0v) is 35.2. The van der Waals surface area contributed by atoms with Gasteiger partial charge in [0.2, 0.25) is 0 Å². The number of benzene rings is 10. The van der Waals surface area contributed by atoms with Gasteiger partial charge in [-0.25, -0.2) is 0 Å². The van der Waals surface area contributed by atoms with Crippen molar-refractivity contribution in [3.63, 3.8) is 0 Å². The van der Waals surface area contributed by atoms with Gasteiger partial charge < -0.3 is 10.4 Å². The van der Waals surface area contributed by atoms with Crippen molar-refractivity contribution < 1.29 is 5.11 Å². The number of phenols is 1. The van der Waals surface area contributed by atoms with Crippen LogP contribution in [0.1, 0.15) is 36.8 Å². The zero-order chi connectivity index (χ0) is 42.1. The maximum Gasteiger partial charge on any atom is 0.128 e. The molecule has 2 atom stereocenters. The normalized spacial score (nSPS) is 15.5. The van der Waals surface area contributed by atoms with Crippen LogP contribution in [0.15, 0.2) is 205 Å². The molecule has 1 fully saturated rings. The van der Waals surface area contributed by atoms with Crippen LogP contribution < -0.4 is 5.32 Å². The van der Waals surface area contributed by atoms with Crippen molar-refractivity contribution in [3.05, 3.63) is 211 Å². The summed E-state index contributed by atoms with van der Waals surface area (Å²) >= 11 is 0. The van der Waals surface area contributed by atoms with E-state index in [9.17, 15) is 5.11 Å². The van der Waals surface area contributed by atoms with Crippen molar-refractivity contribution in [2.45, 2.75) is 44.3 Å². The van der Waals surface area contributed by atoms with E-state index in [1.807, 2.05) is 0 Å². The first kappa shape index (κ1) is 38.6. The third kappa shape index (κ3) is 7.35. The van der Waals surface area contributed by atoms with E-state index in [-0.39, 0.29) is 12.1 Å². The zero-order valence-electron chi connectivity index (χ0n) is 35.2. The van der Waals surface area contributed by atoms with Crippen molar-refractivity contribution in [2.24, 2.45) is 4.99 Å². The van der Waals surface area contributed by atoms with Crippen LogP contribution in [0.5, 0.6) is 5.75 Å². The van der Waals surface area contributed by atoms with Crippen molar-refractivity contribution in [1.29, 1.82) is 0 Å². The molecule has 0 aromatic heterocycles. The van der Waals surface area contributed by atoms with E-state index >= 15 is 0 Å². The molecule has 11 rings (SSSR count). The number of aliphatic imine (C=N–C) groups is 1. The van der Waals surface area contributed by atoms with Gasteiger partial charge in [-0.2, -0.15) is 0 Å². The minimum absolute atomic E-state index is 0.107. The maximum atomic E-state index is 12.5. The van der Waals surface area contributed by atoms with Gasteiger partial charge in [0.05, 0.1) is 6.04 Å². The first-order chi connectivity index (χ1) is 31.2. The molecule has 0 bridgehead atoms. The number of nitrogens with one attached hydrogen (secondary N) is 1. The van der Waals surface area contributed by atoms with Gasteiger partial charge in [-0.3, -0.25) is 4.99 Å². The van der Waals surface area contributed by atoms with Gasteiger partial charge >= 0.3 is 0 Å². The molecule has 3 heteroatoms. The predicted molar refractivity (Wildman–Crippen MR) is 267 cm³/mol. The highest BCUT2D eigenvalue weighted by molar-refractivity contribution is 6.14. The molecule has 1 saturated carbocycles. The van der Waals surface area contributed by atoms with Crippen LogP contribution in [0.3, 0.4) is 0 Å². The Morgan fingerprint density at radius 2 is 0.968 bits per heavy atom. The second kappa shape index (κ2) is 16.9. The lowest BCUT2D eigenvalue weighted by Gasteiger charge is -2.30. The number of nitrogens with zero attached hydrogens (tertiary/aromatic N) is 1. The minimum atomic E-state index is 0.107. The SMILES string of the molecule is Oc1c(CNC2CCCC[C@H]2N=Cc2cc(-c3c(-c4ccccc4)ccc4ccccc34)c3ccccc3c2)cc2ccccc2c1-c1c(-c2ccccc2)ccc2ccccc12. The second-order valence-electron chi connectivity index (χ2n) is 17.0. The van der Waals surface area contributed by atoms with Gasteiger partial charge in [0.1, 0.15) is 5.75 Å². The van der Waals surface area contributed by atoms with E-state index in [4.69, 9.17) is 4.99 Å². The minimum Gasteiger partial charge on any atom is -0.507 e. The summed E-state index contributed by atoms with van der Waals surface area (Å²) in [5.41, 5.74) is 11.1. The fourth-order valence-electron chi connectivity index (χ4n) is 10.2. The third-order valence-electron chi connectivity index (χ3n) is 13.2. The molecular weight excluding hydrogens is 765 g/mol. The molecule has 304 valence electrons. The molecule has 0 radical (unpaired) electrons. The van der Waals surface area contributed by atoms with Gasteiger partial charge in [-0.15, -0.1) is 0 Å². The van der Waals surface area contributed by atoms with Crippen LogP contribution in [0, 0.1) is 0 Å². The average molecular weight is 813 g/mol. The van der Waals surface area contributed by atoms with Crippen LogP contribution in [0.25, 0.3) is 87.6 Å². The highest BCUT2D eigenvalue weighted by atomic mass is 16.3. The summed E-state index contributed by atoms with van der Waals surface area (Å²) in [6.45, 7) is 0.537. The number of aromatic hydroxyl groups is 1. The Kier molecular flexibility index (Phi) is 10.3. The molecule has 0 spiro atoms. The summed E-state index contributed by atoms with van der Waals surface area (Å²) in [5, 5.41) is 25.8. The fourth-order valence-corrected chi connectivity index (χ4v) is 10.2. The number of rotatable bonds is 9. The molecular formula is C60H48N2O. The Bertz CT molecular complexity index is 3320. The molecule has 1 aliphatic rings. The summed E-state index contributed by atoms with van der Waals surface area (Å²) in [7, 11) is 0. The predicted octanol–water partition coefficient (Wildman–Crippen LogP) is 15.2. The highest BCUT2D eigenvalue weighted by Gasteiger charge is 2.26. The van der Waals surface area contributed by atoms with Crippen LogP contribution in [-0.2, 0) is 6.54 Å². The van der Waals surface area contributed by atoms with Gasteiger partial charge in [-0.05, 0) is 113 Å². The quantitative estimate of drug-likeness (QED) is 0.143. The van der Waals surface area contributed by atoms with E-state index in [1.165, 1.54) is 43.8 Å². The average Bonchev–Trinajstić information content (AvgIpc) is 3.35. The lowest BCUT2D eigenvalue weighted by molar-refractivity contribution is 0.327. The molecule has 2 N–H and O–H groups in total. The summed E-state index contributed by atoms with van der Waals surface area (Å²) in [4.78, 5) is 5.40. The largest absolute Gasteiger partial charge is 0.507 e. The Labute approximate surface area is 369 Å². The van der Waals surface area contributed by atoms with Crippen LogP contribution in [0.4, 0.5) is 0 Å². The smallest absolute Gasteiger partial charge is 0.128 e. The number of fused-ring (bicyclic) bond motifs is 4. The van der Waals surface area contributed by atoms with Crippen LogP contribution >= 0.6 is 0 Å². The lowest BCUT2D eigenvalue weighted by atomic mass is 9.85. The van der Waals surface area contributed by atoms with Crippen LogP contribution in [0.2, 0.25) is 0 Å². The van der Waals surface area contributed by atoms with Gasteiger partial charge in [0, 0.05) is 35.5 Å². The lowest BCUT2D eigenvalue weighted by Crippen LogP contribution is -2.40. The molecule has 1 aliphatic carbocycles. The van der Waals surface area contributed by atoms with E-state index in [0.29, 0.717) is 12.3 Å². The molecule has 10 aromatic carbocycles. The van der Waals surface area contributed by atoms with Crippen molar-refractivity contribution in [2.75, 3.05) is 0 Å². The van der Waals surface area contributed by atoms with Crippen LogP contribution in [-0.4, -0.2) is 23.4 Å². The number of hydrogen-bond donors (Lipinski definition) is 2. The Morgan fingerprint density at radius 1 is 0.460 bits per heavy atom. The Balaban J connectivity index is 0.956. The Hall–Kier alpha value is -7.33. The molecule has 3 nitrogen and oxygen atoms in total. The molecule has 0 heterocycles. The van der Waals surface area contributed by atoms with Crippen molar-refractivity contribution in [3.8, 4) is 50.3 Å². The standard InChI is InChI=1S/C60H48N2O/c63-60-47(37-46-24-10-14-28-51(46)59(60)58-50-27-13-8-22-44(50)32-34-53(58)42-19-5-2-6-20-42)39-62-56-30-16-15-29-55(56)61-38-40-35-45-23-9-11-25-48(45)54(36-40)57-49-26-12-7-21-43(49)31-33-52(57)41-17-3-1-4-18-41/h1-14,17-28,31-38,55-56,62-63H,15-16,29-30,39H2/t55-,56?/m1/s1. The first-order valence-electron chi connectivity index (χ1n) is 22.4. The molecule has 0 amide bonds. The maximum absolute atomic E-state index is 12.5. The van der Waals surface area contributed by atoms with Crippen molar-refractivity contribution >= 4 is 49.3 Å². The topological polar surface area (TPSA) is 44.6 Å². The Morgan fingerprint density at radius 3 is 1.62 bits per heavy atom. The number of hydrogen-bond acceptors (Lipinski definition) is 3. The fraction of sp³-hybridized carbons (Fsp3) is 0.117. The molecule has 63 heavy (non-hydrogen) atoms. The van der Waals surface area contributed by atoms with E-state index < -0.39 is 0 Å². The van der Waals surface area contributed by atoms with Gasteiger partial charge in [0.25, 0.3) is 0 Å². The van der Waals surface area contributed by atoms with Gasteiger partial charge in [0.15, 0.2) is 0 Å². The summed E-state index contributed by atoms with van der Waals surface area (Å²) in [6, 6.07) is 71.8. The molecule has 0 saturated heterocycles. The van der Waals surface area contributed by atoms with E-state index in [2.05, 4.69) is 212 Å². The van der Waals surface area contributed by atoms with Gasteiger partial charge in [-0.1, -0.05) is 195 Å².